The molecule has 140 valence electrons. The highest BCUT2D eigenvalue weighted by Crippen LogP contribution is 2.19. The normalized spacial score (nSPS) is 13.5. The molecule has 0 aliphatic heterocycles. The first-order valence-corrected chi connectivity index (χ1v) is 9.96. The molecule has 2 unspecified atom stereocenters. The van der Waals surface area contributed by atoms with Crippen LogP contribution < -0.4 is 14.8 Å². The quantitative estimate of drug-likeness (QED) is 0.742. The number of carbonyl (C=O) groups excluding carboxylic acids is 1. The van der Waals surface area contributed by atoms with Crippen molar-refractivity contribution in [3.8, 4) is 5.75 Å². The molecule has 2 aromatic carbocycles. The van der Waals surface area contributed by atoms with Crippen molar-refractivity contribution < 1.29 is 17.9 Å². The number of rotatable bonds is 8. The molecule has 0 spiro atoms. The lowest BCUT2D eigenvalue weighted by Crippen LogP contribution is -2.36. The van der Waals surface area contributed by atoms with Crippen LogP contribution in [0, 0.1) is 5.92 Å². The maximum atomic E-state index is 12.3. The van der Waals surface area contributed by atoms with Crippen LogP contribution in [0.15, 0.2) is 54.6 Å². The molecule has 2 aromatic rings. The lowest BCUT2D eigenvalue weighted by molar-refractivity contribution is -0.124. The van der Waals surface area contributed by atoms with Crippen LogP contribution in [0.1, 0.15) is 25.5 Å². The van der Waals surface area contributed by atoms with E-state index in [2.05, 4.69) is 10.0 Å². The van der Waals surface area contributed by atoms with Gasteiger partial charge in [0, 0.05) is 6.07 Å². The van der Waals surface area contributed by atoms with Gasteiger partial charge in [-0.05, 0) is 24.6 Å². The van der Waals surface area contributed by atoms with Crippen molar-refractivity contribution in [2.45, 2.75) is 19.9 Å². The van der Waals surface area contributed by atoms with Gasteiger partial charge in [-0.2, -0.15) is 0 Å². The molecule has 0 saturated heterocycles. The van der Waals surface area contributed by atoms with E-state index in [4.69, 9.17) is 4.74 Å². The van der Waals surface area contributed by atoms with E-state index in [1.54, 1.807) is 31.2 Å². The number of benzene rings is 2. The van der Waals surface area contributed by atoms with Crippen LogP contribution in [0.3, 0.4) is 0 Å². The van der Waals surface area contributed by atoms with E-state index >= 15 is 0 Å². The Morgan fingerprint density at radius 1 is 1.08 bits per heavy atom. The zero-order chi connectivity index (χ0) is 19.2. The molecule has 0 aromatic heterocycles. The SMILES string of the molecule is COc1cccc(NS(=O)(=O)CC(C)C(=O)NC(C)c2ccccc2)c1. The molecule has 0 bridgehead atoms. The van der Waals surface area contributed by atoms with Gasteiger partial charge in [0.2, 0.25) is 15.9 Å². The average Bonchev–Trinajstić information content (AvgIpc) is 2.61. The number of anilines is 1. The van der Waals surface area contributed by atoms with E-state index in [0.29, 0.717) is 11.4 Å². The summed E-state index contributed by atoms with van der Waals surface area (Å²) >= 11 is 0. The summed E-state index contributed by atoms with van der Waals surface area (Å²) < 4.78 is 32.2. The Morgan fingerprint density at radius 3 is 2.42 bits per heavy atom. The summed E-state index contributed by atoms with van der Waals surface area (Å²) in [5.41, 5.74) is 1.36. The Bertz CT molecular complexity index is 838. The van der Waals surface area contributed by atoms with Crippen molar-refractivity contribution in [3.05, 3.63) is 60.2 Å². The third-order valence-electron chi connectivity index (χ3n) is 3.92. The van der Waals surface area contributed by atoms with Gasteiger partial charge in [-0.1, -0.05) is 43.3 Å². The zero-order valence-electron chi connectivity index (χ0n) is 15.1. The molecule has 2 rings (SSSR count). The van der Waals surface area contributed by atoms with Crippen LogP contribution in [-0.2, 0) is 14.8 Å². The van der Waals surface area contributed by atoms with Crippen LogP contribution in [0.5, 0.6) is 5.75 Å². The molecule has 0 aliphatic rings. The van der Waals surface area contributed by atoms with Crippen LogP contribution in [0.4, 0.5) is 5.69 Å². The van der Waals surface area contributed by atoms with Crippen LogP contribution >= 0.6 is 0 Å². The van der Waals surface area contributed by atoms with Crippen molar-refractivity contribution in [1.82, 2.24) is 5.32 Å². The standard InChI is InChI=1S/C19H24N2O4S/c1-14(19(22)20-15(2)16-8-5-4-6-9-16)13-26(23,24)21-17-10-7-11-18(12-17)25-3/h4-12,14-15,21H,13H2,1-3H3,(H,20,22). The van der Waals surface area contributed by atoms with Gasteiger partial charge in [0.15, 0.2) is 0 Å². The first-order chi connectivity index (χ1) is 12.3. The second-order valence-corrected chi connectivity index (χ2v) is 7.92. The van der Waals surface area contributed by atoms with E-state index in [0.717, 1.165) is 5.56 Å². The van der Waals surface area contributed by atoms with E-state index in [1.165, 1.54) is 7.11 Å². The number of hydrogen-bond acceptors (Lipinski definition) is 4. The number of hydrogen-bond donors (Lipinski definition) is 2. The van der Waals surface area contributed by atoms with Crippen LogP contribution in [0.25, 0.3) is 0 Å². The maximum absolute atomic E-state index is 12.3. The summed E-state index contributed by atoms with van der Waals surface area (Å²) in [5, 5.41) is 2.85. The Balaban J connectivity index is 1.96. The Labute approximate surface area is 154 Å². The molecule has 0 radical (unpaired) electrons. The second kappa shape index (κ2) is 8.71. The highest BCUT2D eigenvalue weighted by atomic mass is 32.2. The van der Waals surface area contributed by atoms with Gasteiger partial charge in [-0.25, -0.2) is 8.42 Å². The number of ether oxygens (including phenoxy) is 1. The molecule has 0 saturated carbocycles. The number of sulfonamides is 1. The molecule has 26 heavy (non-hydrogen) atoms. The Morgan fingerprint density at radius 2 is 1.77 bits per heavy atom. The van der Waals surface area contributed by atoms with Crippen LogP contribution in [0.2, 0.25) is 0 Å². The fourth-order valence-corrected chi connectivity index (χ4v) is 3.87. The lowest BCUT2D eigenvalue weighted by atomic mass is 10.1. The number of methoxy groups -OCH3 is 1. The average molecular weight is 376 g/mol. The van der Waals surface area contributed by atoms with E-state index in [1.807, 2.05) is 37.3 Å². The minimum Gasteiger partial charge on any atom is -0.497 e. The predicted molar refractivity (Wildman–Crippen MR) is 103 cm³/mol. The second-order valence-electron chi connectivity index (χ2n) is 6.16. The van der Waals surface area contributed by atoms with E-state index in [-0.39, 0.29) is 17.7 Å². The monoisotopic (exact) mass is 376 g/mol. The molecule has 7 heteroatoms. The summed E-state index contributed by atoms with van der Waals surface area (Å²) in [7, 11) is -2.16. The molecule has 0 heterocycles. The van der Waals surface area contributed by atoms with Gasteiger partial charge in [0.05, 0.1) is 30.5 Å². The first-order valence-electron chi connectivity index (χ1n) is 8.30. The minimum atomic E-state index is -3.67. The van der Waals surface area contributed by atoms with E-state index in [9.17, 15) is 13.2 Å². The summed E-state index contributed by atoms with van der Waals surface area (Å²) in [6.45, 7) is 3.46. The fourth-order valence-electron chi connectivity index (χ4n) is 2.49. The van der Waals surface area contributed by atoms with Crippen molar-refractivity contribution in [3.63, 3.8) is 0 Å². The van der Waals surface area contributed by atoms with Gasteiger partial charge < -0.3 is 10.1 Å². The zero-order valence-corrected chi connectivity index (χ0v) is 15.9. The molecular formula is C19H24N2O4S. The largest absolute Gasteiger partial charge is 0.497 e. The Kier molecular flexibility index (Phi) is 6.63. The summed E-state index contributed by atoms with van der Waals surface area (Å²) in [4.78, 5) is 12.3. The summed E-state index contributed by atoms with van der Waals surface area (Å²) in [6.07, 6.45) is 0. The Hall–Kier alpha value is -2.54. The predicted octanol–water partition coefficient (Wildman–Crippen LogP) is 2.95. The van der Waals surface area contributed by atoms with Crippen molar-refractivity contribution in [2.75, 3.05) is 17.6 Å². The van der Waals surface area contributed by atoms with Gasteiger partial charge in [0.1, 0.15) is 5.75 Å². The molecule has 0 fully saturated rings. The fraction of sp³-hybridized carbons (Fsp3) is 0.316. The van der Waals surface area contributed by atoms with E-state index < -0.39 is 15.9 Å². The lowest BCUT2D eigenvalue weighted by Gasteiger charge is -2.18. The minimum absolute atomic E-state index is 0.194. The maximum Gasteiger partial charge on any atom is 0.233 e. The molecule has 2 N–H and O–H groups in total. The number of nitrogens with one attached hydrogen (secondary N) is 2. The van der Waals surface area contributed by atoms with Crippen molar-refractivity contribution in [2.24, 2.45) is 5.92 Å². The molecule has 6 nitrogen and oxygen atoms in total. The highest BCUT2D eigenvalue weighted by Gasteiger charge is 2.23. The van der Waals surface area contributed by atoms with Crippen molar-refractivity contribution >= 4 is 21.6 Å². The van der Waals surface area contributed by atoms with Crippen molar-refractivity contribution in [1.29, 1.82) is 0 Å². The van der Waals surface area contributed by atoms with Gasteiger partial charge in [-0.15, -0.1) is 0 Å². The molecular weight excluding hydrogens is 352 g/mol. The number of amides is 1. The van der Waals surface area contributed by atoms with Gasteiger partial charge >= 0.3 is 0 Å². The van der Waals surface area contributed by atoms with Crippen LogP contribution in [-0.4, -0.2) is 27.2 Å². The number of carbonyl (C=O) groups is 1. The summed E-state index contributed by atoms with van der Waals surface area (Å²) in [6, 6.07) is 15.9. The third kappa shape index (κ3) is 5.77. The van der Waals surface area contributed by atoms with Gasteiger partial charge in [0.25, 0.3) is 0 Å². The molecule has 1 amide bonds. The third-order valence-corrected chi connectivity index (χ3v) is 5.40. The molecule has 0 aliphatic carbocycles. The highest BCUT2D eigenvalue weighted by molar-refractivity contribution is 7.92. The molecule has 2 atom stereocenters. The van der Waals surface area contributed by atoms with Gasteiger partial charge in [-0.3, -0.25) is 9.52 Å². The summed E-state index contributed by atoms with van der Waals surface area (Å²) in [5.74, 6) is -0.758. The first kappa shape index (κ1) is 19.8. The smallest absolute Gasteiger partial charge is 0.233 e. The topological polar surface area (TPSA) is 84.5 Å².